The number of carbonyl (C=O) groups excluding carboxylic acids is 1. The number of hydrogen-bond acceptors (Lipinski definition) is 4. The molecule has 2 aromatic carbocycles. The van der Waals surface area contributed by atoms with Crippen LogP contribution < -0.4 is 5.56 Å². The van der Waals surface area contributed by atoms with Crippen molar-refractivity contribution >= 4 is 26.8 Å². The molecule has 1 aromatic heterocycles. The maximum absolute atomic E-state index is 13.7. The largest absolute Gasteiger partial charge is 0.336 e. The summed E-state index contributed by atoms with van der Waals surface area (Å²) in [6, 6.07) is 13.1. The molecule has 2 heterocycles. The van der Waals surface area contributed by atoms with Gasteiger partial charge >= 0.3 is 0 Å². The number of amides is 1. The zero-order valence-electron chi connectivity index (χ0n) is 15.3. The van der Waals surface area contributed by atoms with Gasteiger partial charge in [-0.2, -0.15) is 4.31 Å². The molecule has 0 saturated carbocycles. The van der Waals surface area contributed by atoms with Gasteiger partial charge in [-0.15, -0.1) is 0 Å². The lowest BCUT2D eigenvalue weighted by atomic mass is 10.1. The van der Waals surface area contributed by atoms with Crippen molar-refractivity contribution in [3.05, 3.63) is 76.3 Å². The molecule has 7 nitrogen and oxygen atoms in total. The summed E-state index contributed by atoms with van der Waals surface area (Å²) < 4.78 is 40.5. The quantitative estimate of drug-likeness (QED) is 0.707. The molecule has 4 rings (SSSR count). The summed E-state index contributed by atoms with van der Waals surface area (Å²) in [5, 5.41) is 0.314. The van der Waals surface area contributed by atoms with E-state index >= 15 is 0 Å². The van der Waals surface area contributed by atoms with Crippen molar-refractivity contribution < 1.29 is 17.6 Å². The van der Waals surface area contributed by atoms with Crippen LogP contribution in [0, 0.1) is 5.82 Å². The Balaban J connectivity index is 1.57. The van der Waals surface area contributed by atoms with E-state index in [0.717, 1.165) is 6.07 Å². The lowest BCUT2D eigenvalue weighted by Crippen LogP contribution is -2.50. The summed E-state index contributed by atoms with van der Waals surface area (Å²) in [7, 11) is -3.63. The molecule has 0 aliphatic carbocycles. The molecule has 3 aromatic rings. The zero-order valence-corrected chi connectivity index (χ0v) is 16.2. The molecule has 0 spiro atoms. The minimum Gasteiger partial charge on any atom is -0.336 e. The molecule has 1 amide bonds. The topological polar surface area (TPSA) is 90.6 Å². The highest BCUT2D eigenvalue weighted by atomic mass is 32.2. The second kappa shape index (κ2) is 7.41. The van der Waals surface area contributed by atoms with Crippen LogP contribution in [0.2, 0.25) is 0 Å². The normalized spacial score (nSPS) is 15.6. The smallest absolute Gasteiger partial charge is 0.254 e. The maximum atomic E-state index is 13.7. The van der Waals surface area contributed by atoms with E-state index in [1.54, 1.807) is 18.2 Å². The summed E-state index contributed by atoms with van der Waals surface area (Å²) in [6.07, 6.45) is 0. The number of aromatic nitrogens is 1. The second-order valence-corrected chi connectivity index (χ2v) is 8.68. The van der Waals surface area contributed by atoms with Crippen molar-refractivity contribution in [1.29, 1.82) is 0 Å². The Hall–Kier alpha value is -3.04. The van der Waals surface area contributed by atoms with E-state index < -0.39 is 27.3 Å². The molecular formula is C20H18FN3O4S. The monoisotopic (exact) mass is 415 g/mol. The van der Waals surface area contributed by atoms with Crippen LogP contribution >= 0.6 is 0 Å². The van der Waals surface area contributed by atoms with Crippen molar-refractivity contribution in [1.82, 2.24) is 14.2 Å². The average Bonchev–Trinajstić information content (AvgIpc) is 2.73. The Bertz CT molecular complexity index is 1230. The number of halogens is 1. The number of hydrogen-bond donors (Lipinski definition) is 1. The fraction of sp³-hybridized carbons (Fsp3) is 0.200. The number of piperazine rings is 1. The number of rotatable bonds is 3. The van der Waals surface area contributed by atoms with Crippen molar-refractivity contribution in [2.24, 2.45) is 0 Å². The van der Waals surface area contributed by atoms with Crippen LogP contribution in [0.4, 0.5) is 4.39 Å². The summed E-state index contributed by atoms with van der Waals surface area (Å²) in [5.41, 5.74) is 0.00732. The molecule has 29 heavy (non-hydrogen) atoms. The molecule has 1 aliphatic rings. The minimum atomic E-state index is -3.63. The number of sulfonamides is 1. The van der Waals surface area contributed by atoms with Gasteiger partial charge in [0.25, 0.3) is 5.91 Å². The number of carbonyl (C=O) groups is 1. The predicted molar refractivity (Wildman–Crippen MR) is 106 cm³/mol. The Kier molecular flexibility index (Phi) is 4.93. The van der Waals surface area contributed by atoms with Crippen LogP contribution in [0.3, 0.4) is 0 Å². The van der Waals surface area contributed by atoms with Crippen LogP contribution in [0.5, 0.6) is 0 Å². The van der Waals surface area contributed by atoms with Gasteiger partial charge in [-0.25, -0.2) is 12.8 Å². The summed E-state index contributed by atoms with van der Waals surface area (Å²) >= 11 is 0. The van der Waals surface area contributed by atoms with E-state index in [0.29, 0.717) is 10.9 Å². The number of H-pyrrole nitrogens is 1. The molecule has 0 atom stereocenters. The Labute approximate surface area is 166 Å². The highest BCUT2D eigenvalue weighted by molar-refractivity contribution is 7.89. The zero-order chi connectivity index (χ0) is 20.6. The van der Waals surface area contributed by atoms with Gasteiger partial charge in [0.15, 0.2) is 0 Å². The molecule has 0 radical (unpaired) electrons. The summed E-state index contributed by atoms with van der Waals surface area (Å²) in [6.45, 7) is 0.625. The SMILES string of the molecule is O=C(c1cc(=O)[nH]c2ccc(F)cc12)N1CCN(S(=O)(=O)c2ccccc2)CC1. The van der Waals surface area contributed by atoms with Crippen molar-refractivity contribution in [2.75, 3.05) is 26.2 Å². The third-order valence-corrected chi connectivity index (χ3v) is 6.86. The van der Waals surface area contributed by atoms with Crippen LogP contribution in [-0.2, 0) is 10.0 Å². The molecule has 0 bridgehead atoms. The molecule has 1 aliphatic heterocycles. The Morgan fingerprint density at radius 3 is 2.34 bits per heavy atom. The van der Waals surface area contributed by atoms with Gasteiger partial charge in [0.05, 0.1) is 10.5 Å². The average molecular weight is 415 g/mol. The first-order valence-corrected chi connectivity index (χ1v) is 10.5. The van der Waals surface area contributed by atoms with Crippen molar-refractivity contribution in [3.8, 4) is 0 Å². The van der Waals surface area contributed by atoms with E-state index in [1.807, 2.05) is 0 Å². The molecule has 0 unspecified atom stereocenters. The molecule has 1 saturated heterocycles. The summed E-state index contributed by atoms with van der Waals surface area (Å²) in [5.74, 6) is -0.944. The van der Waals surface area contributed by atoms with Gasteiger partial charge in [0, 0.05) is 43.1 Å². The number of aromatic amines is 1. The van der Waals surface area contributed by atoms with E-state index in [4.69, 9.17) is 0 Å². The van der Waals surface area contributed by atoms with Crippen LogP contribution in [-0.4, -0.2) is 54.7 Å². The van der Waals surface area contributed by atoms with Crippen molar-refractivity contribution in [2.45, 2.75) is 4.90 Å². The minimum absolute atomic E-state index is 0.0996. The molecule has 9 heteroatoms. The first-order valence-electron chi connectivity index (χ1n) is 9.03. The standard InChI is InChI=1S/C20H18FN3O4S/c21-14-6-7-18-16(12-14)17(13-19(25)22-18)20(26)23-8-10-24(11-9-23)29(27,28)15-4-2-1-3-5-15/h1-7,12-13H,8-11H2,(H,22,25). The van der Waals surface area contributed by atoms with E-state index in [9.17, 15) is 22.4 Å². The van der Waals surface area contributed by atoms with E-state index in [1.165, 1.54) is 39.5 Å². The molecule has 1 N–H and O–H groups in total. The highest BCUT2D eigenvalue weighted by Gasteiger charge is 2.31. The fourth-order valence-electron chi connectivity index (χ4n) is 3.45. The number of fused-ring (bicyclic) bond motifs is 1. The lowest BCUT2D eigenvalue weighted by Gasteiger charge is -2.34. The fourth-order valence-corrected chi connectivity index (χ4v) is 4.89. The number of nitrogens with zero attached hydrogens (tertiary/aromatic N) is 2. The number of nitrogens with one attached hydrogen (secondary N) is 1. The second-order valence-electron chi connectivity index (χ2n) is 6.75. The van der Waals surface area contributed by atoms with Crippen LogP contribution in [0.15, 0.2) is 64.3 Å². The first kappa shape index (κ1) is 19.3. The van der Waals surface area contributed by atoms with Crippen LogP contribution in [0.1, 0.15) is 10.4 Å². The molecular weight excluding hydrogens is 397 g/mol. The van der Waals surface area contributed by atoms with Gasteiger partial charge in [0.2, 0.25) is 15.6 Å². The number of pyridine rings is 1. The Morgan fingerprint density at radius 2 is 1.66 bits per heavy atom. The summed E-state index contributed by atoms with van der Waals surface area (Å²) in [4.78, 5) is 29.2. The van der Waals surface area contributed by atoms with Crippen LogP contribution in [0.25, 0.3) is 10.9 Å². The maximum Gasteiger partial charge on any atom is 0.254 e. The molecule has 1 fully saturated rings. The first-order chi connectivity index (χ1) is 13.9. The predicted octanol–water partition coefficient (Wildman–Crippen LogP) is 1.81. The third-order valence-electron chi connectivity index (χ3n) is 4.94. The van der Waals surface area contributed by atoms with Gasteiger partial charge < -0.3 is 9.88 Å². The third kappa shape index (κ3) is 3.66. The molecule has 150 valence electrons. The van der Waals surface area contributed by atoms with Gasteiger partial charge in [-0.3, -0.25) is 9.59 Å². The van der Waals surface area contributed by atoms with E-state index in [2.05, 4.69) is 4.98 Å². The van der Waals surface area contributed by atoms with Gasteiger partial charge in [-0.05, 0) is 30.3 Å². The highest BCUT2D eigenvalue weighted by Crippen LogP contribution is 2.21. The van der Waals surface area contributed by atoms with Gasteiger partial charge in [0.1, 0.15) is 5.82 Å². The lowest BCUT2D eigenvalue weighted by molar-refractivity contribution is 0.0699. The van der Waals surface area contributed by atoms with E-state index in [-0.39, 0.29) is 36.6 Å². The Morgan fingerprint density at radius 1 is 0.966 bits per heavy atom. The van der Waals surface area contributed by atoms with Gasteiger partial charge in [-0.1, -0.05) is 18.2 Å². The van der Waals surface area contributed by atoms with Crippen molar-refractivity contribution in [3.63, 3.8) is 0 Å². The number of benzene rings is 2.